The molecular weight excluding hydrogens is 326 g/mol. The topological polar surface area (TPSA) is 53.1 Å². The Labute approximate surface area is 146 Å². The van der Waals surface area contributed by atoms with Gasteiger partial charge in [-0.1, -0.05) is 6.07 Å². The Morgan fingerprint density at radius 3 is 2.17 bits per heavy atom. The first kappa shape index (κ1) is 19.2. The quantitative estimate of drug-likeness (QED) is 0.696. The Bertz CT molecular complexity index is 618. The van der Waals surface area contributed by atoms with E-state index < -0.39 is 10.2 Å². The number of piperazine rings is 1. The molecular formula is C17H29N3O3S. The molecule has 1 saturated heterocycles. The molecule has 0 spiro atoms. The van der Waals surface area contributed by atoms with Gasteiger partial charge in [0.1, 0.15) is 5.75 Å². The van der Waals surface area contributed by atoms with E-state index in [4.69, 9.17) is 4.74 Å². The van der Waals surface area contributed by atoms with Crippen molar-refractivity contribution < 1.29 is 13.2 Å². The molecule has 0 saturated carbocycles. The van der Waals surface area contributed by atoms with Gasteiger partial charge in [-0.15, -0.1) is 0 Å². The normalized spacial score (nSPS) is 17.4. The van der Waals surface area contributed by atoms with E-state index in [1.165, 1.54) is 15.4 Å². The summed E-state index contributed by atoms with van der Waals surface area (Å²) < 4.78 is 32.8. The van der Waals surface area contributed by atoms with Crippen LogP contribution in [-0.2, 0) is 10.2 Å². The summed E-state index contributed by atoms with van der Waals surface area (Å²) in [5.41, 5.74) is 2.42. The Morgan fingerprint density at radius 1 is 1.04 bits per heavy atom. The van der Waals surface area contributed by atoms with E-state index in [0.29, 0.717) is 19.7 Å². The van der Waals surface area contributed by atoms with Gasteiger partial charge in [-0.3, -0.25) is 0 Å². The molecule has 0 bridgehead atoms. The second kappa shape index (κ2) is 8.29. The van der Waals surface area contributed by atoms with Gasteiger partial charge in [0.15, 0.2) is 0 Å². The van der Waals surface area contributed by atoms with E-state index in [0.717, 1.165) is 31.8 Å². The number of hydrogen-bond acceptors (Lipinski definition) is 4. The summed E-state index contributed by atoms with van der Waals surface area (Å²) in [6.45, 7) is 8.41. The molecule has 0 amide bonds. The van der Waals surface area contributed by atoms with Crippen molar-refractivity contribution in [1.82, 2.24) is 13.5 Å². The second-order valence-corrected chi connectivity index (χ2v) is 8.70. The van der Waals surface area contributed by atoms with Crippen LogP contribution in [0, 0.1) is 13.8 Å². The number of hydrogen-bond donors (Lipinski definition) is 0. The van der Waals surface area contributed by atoms with Crippen molar-refractivity contribution >= 4 is 10.2 Å². The molecule has 1 aliphatic heterocycles. The molecule has 0 radical (unpaired) electrons. The lowest BCUT2D eigenvalue weighted by molar-refractivity contribution is 0.171. The Balaban J connectivity index is 1.70. The molecule has 1 aliphatic rings. The van der Waals surface area contributed by atoms with Crippen LogP contribution in [0.4, 0.5) is 0 Å². The Hall–Kier alpha value is -1.15. The largest absolute Gasteiger partial charge is 0.494 e. The fourth-order valence-corrected chi connectivity index (χ4v) is 4.00. The smallest absolute Gasteiger partial charge is 0.281 e. The van der Waals surface area contributed by atoms with Crippen LogP contribution >= 0.6 is 0 Å². The van der Waals surface area contributed by atoms with Crippen molar-refractivity contribution in [1.29, 1.82) is 0 Å². The Morgan fingerprint density at radius 2 is 1.62 bits per heavy atom. The van der Waals surface area contributed by atoms with Gasteiger partial charge >= 0.3 is 0 Å². The zero-order chi connectivity index (χ0) is 17.7. The lowest BCUT2D eigenvalue weighted by Gasteiger charge is -2.35. The van der Waals surface area contributed by atoms with Crippen molar-refractivity contribution in [2.24, 2.45) is 0 Å². The van der Waals surface area contributed by atoms with E-state index in [2.05, 4.69) is 36.9 Å². The van der Waals surface area contributed by atoms with E-state index in [1.54, 1.807) is 18.4 Å². The van der Waals surface area contributed by atoms with Gasteiger partial charge in [-0.05, 0) is 43.5 Å². The molecule has 0 N–H and O–H groups in total. The lowest BCUT2D eigenvalue weighted by atomic mass is 10.1. The number of rotatable bonds is 7. The van der Waals surface area contributed by atoms with Gasteiger partial charge in [0, 0.05) is 46.8 Å². The fourth-order valence-electron chi connectivity index (χ4n) is 2.91. The second-order valence-electron chi connectivity index (χ2n) is 6.56. The minimum atomic E-state index is -3.28. The van der Waals surface area contributed by atoms with Gasteiger partial charge < -0.3 is 9.64 Å². The third-order valence-corrected chi connectivity index (χ3v) is 6.14. The number of benzene rings is 1. The van der Waals surface area contributed by atoms with Gasteiger partial charge in [-0.2, -0.15) is 17.0 Å². The minimum Gasteiger partial charge on any atom is -0.494 e. The van der Waals surface area contributed by atoms with Gasteiger partial charge in [0.05, 0.1) is 6.61 Å². The van der Waals surface area contributed by atoms with Gasteiger partial charge in [0.25, 0.3) is 10.2 Å². The summed E-state index contributed by atoms with van der Waals surface area (Å²) in [5, 5.41) is 0. The monoisotopic (exact) mass is 355 g/mol. The number of aryl methyl sites for hydroxylation is 2. The van der Waals surface area contributed by atoms with Crippen molar-refractivity contribution in [3.05, 3.63) is 29.3 Å². The van der Waals surface area contributed by atoms with Crippen LogP contribution in [0.2, 0.25) is 0 Å². The summed E-state index contributed by atoms with van der Waals surface area (Å²) in [6.07, 6.45) is 0.938. The molecule has 0 aliphatic carbocycles. The van der Waals surface area contributed by atoms with Crippen LogP contribution < -0.4 is 4.74 Å². The fraction of sp³-hybridized carbons (Fsp3) is 0.647. The van der Waals surface area contributed by atoms with Crippen LogP contribution in [0.25, 0.3) is 0 Å². The molecule has 1 fully saturated rings. The zero-order valence-corrected chi connectivity index (χ0v) is 16.0. The third-order valence-electron chi connectivity index (χ3n) is 4.20. The first-order chi connectivity index (χ1) is 11.3. The predicted octanol–water partition coefficient (Wildman–Crippen LogP) is 1.50. The first-order valence-corrected chi connectivity index (χ1v) is 9.80. The maximum absolute atomic E-state index is 12.1. The highest BCUT2D eigenvalue weighted by Crippen LogP contribution is 2.16. The summed E-state index contributed by atoms with van der Waals surface area (Å²) in [6, 6.07) is 6.24. The number of ether oxygens (including phenoxy) is 1. The molecule has 136 valence electrons. The zero-order valence-electron chi connectivity index (χ0n) is 15.2. The van der Waals surface area contributed by atoms with Crippen LogP contribution in [0.15, 0.2) is 18.2 Å². The van der Waals surface area contributed by atoms with Crippen LogP contribution in [0.1, 0.15) is 17.5 Å². The highest BCUT2D eigenvalue weighted by Gasteiger charge is 2.28. The molecule has 0 unspecified atom stereocenters. The average Bonchev–Trinajstić information content (AvgIpc) is 2.51. The Kier molecular flexibility index (Phi) is 6.62. The SMILES string of the molecule is Cc1cc(C)cc(OCCCN2CCN(S(=O)(=O)N(C)C)CC2)c1. The van der Waals surface area contributed by atoms with Gasteiger partial charge in [0.2, 0.25) is 0 Å². The molecule has 2 rings (SSSR count). The molecule has 1 aromatic carbocycles. The molecule has 1 aromatic rings. The summed E-state index contributed by atoms with van der Waals surface area (Å²) in [4.78, 5) is 2.30. The van der Waals surface area contributed by atoms with E-state index in [1.807, 2.05) is 0 Å². The summed E-state index contributed by atoms with van der Waals surface area (Å²) >= 11 is 0. The molecule has 7 heteroatoms. The predicted molar refractivity (Wildman–Crippen MR) is 96.6 cm³/mol. The molecule has 0 atom stereocenters. The van der Waals surface area contributed by atoms with Crippen molar-refractivity contribution in [3.63, 3.8) is 0 Å². The maximum Gasteiger partial charge on any atom is 0.281 e. The lowest BCUT2D eigenvalue weighted by Crippen LogP contribution is -2.51. The standard InChI is InChI=1S/C17H29N3O3S/c1-15-12-16(2)14-17(13-15)23-11-5-6-19-7-9-20(10-8-19)24(21,22)18(3)4/h12-14H,5-11H2,1-4H3. The highest BCUT2D eigenvalue weighted by atomic mass is 32.2. The minimum absolute atomic E-state index is 0.554. The van der Waals surface area contributed by atoms with E-state index in [-0.39, 0.29) is 0 Å². The van der Waals surface area contributed by atoms with Crippen molar-refractivity contribution in [3.8, 4) is 5.75 Å². The molecule has 24 heavy (non-hydrogen) atoms. The van der Waals surface area contributed by atoms with Crippen molar-refractivity contribution in [2.45, 2.75) is 20.3 Å². The molecule has 0 aromatic heterocycles. The van der Waals surface area contributed by atoms with Crippen LogP contribution in [-0.4, -0.2) is 75.4 Å². The first-order valence-electron chi connectivity index (χ1n) is 8.40. The van der Waals surface area contributed by atoms with Crippen LogP contribution in [0.3, 0.4) is 0 Å². The number of nitrogens with zero attached hydrogens (tertiary/aromatic N) is 3. The van der Waals surface area contributed by atoms with E-state index >= 15 is 0 Å². The maximum atomic E-state index is 12.1. The summed E-state index contributed by atoms with van der Waals surface area (Å²) in [5.74, 6) is 0.925. The van der Waals surface area contributed by atoms with Crippen LogP contribution in [0.5, 0.6) is 5.75 Å². The van der Waals surface area contributed by atoms with Crippen molar-refractivity contribution in [2.75, 3.05) is 53.4 Å². The highest BCUT2D eigenvalue weighted by molar-refractivity contribution is 7.86. The summed E-state index contributed by atoms with van der Waals surface area (Å²) in [7, 11) is -0.127. The molecule has 6 nitrogen and oxygen atoms in total. The molecule has 1 heterocycles. The van der Waals surface area contributed by atoms with Gasteiger partial charge in [-0.25, -0.2) is 0 Å². The van der Waals surface area contributed by atoms with E-state index in [9.17, 15) is 8.42 Å². The average molecular weight is 356 g/mol. The third kappa shape index (κ3) is 5.17.